The lowest BCUT2D eigenvalue weighted by atomic mass is 10.1. The first-order valence-electron chi connectivity index (χ1n) is 11.5. The summed E-state index contributed by atoms with van der Waals surface area (Å²) in [5, 5.41) is 6.69. The molecular formula is C26H21N3O8. The first-order valence-corrected chi connectivity index (χ1v) is 11.5. The quantitative estimate of drug-likeness (QED) is 0.384. The van der Waals surface area contributed by atoms with Crippen LogP contribution in [0, 0.1) is 0 Å². The Morgan fingerprint density at radius 1 is 0.838 bits per heavy atom. The summed E-state index contributed by atoms with van der Waals surface area (Å²) in [5.41, 5.74) is 1.36. The Balaban J connectivity index is 1.14. The van der Waals surface area contributed by atoms with Crippen molar-refractivity contribution in [2.45, 2.75) is 19.6 Å². The molecule has 2 aromatic heterocycles. The van der Waals surface area contributed by atoms with E-state index in [2.05, 4.69) is 10.5 Å². The lowest BCUT2D eigenvalue weighted by Crippen LogP contribution is -2.30. The molecule has 1 N–H and O–H groups in total. The molecule has 11 nitrogen and oxygen atoms in total. The number of nitrogens with zero attached hydrogens (tertiary/aromatic N) is 2. The van der Waals surface area contributed by atoms with Gasteiger partial charge in [-0.2, -0.15) is 0 Å². The monoisotopic (exact) mass is 503 g/mol. The van der Waals surface area contributed by atoms with Gasteiger partial charge in [0.25, 0.3) is 11.8 Å². The SMILES string of the molecule is O=C(NCc1ccc2c(c1)OCO2)c1cc(CN(Cc2ccco2)C(=O)c2ccc3c(c2)OCO3)on1. The number of benzene rings is 2. The number of fused-ring (bicyclic) bond motifs is 2. The lowest BCUT2D eigenvalue weighted by molar-refractivity contribution is 0.0699. The van der Waals surface area contributed by atoms with Gasteiger partial charge in [-0.3, -0.25) is 9.59 Å². The molecule has 0 bridgehead atoms. The summed E-state index contributed by atoms with van der Waals surface area (Å²) in [6.07, 6.45) is 1.54. The molecule has 0 spiro atoms. The molecule has 37 heavy (non-hydrogen) atoms. The fourth-order valence-electron chi connectivity index (χ4n) is 4.01. The Morgan fingerprint density at radius 3 is 2.35 bits per heavy atom. The minimum absolute atomic E-state index is 0.0659. The fourth-order valence-corrected chi connectivity index (χ4v) is 4.01. The maximum Gasteiger partial charge on any atom is 0.273 e. The van der Waals surface area contributed by atoms with Gasteiger partial charge >= 0.3 is 0 Å². The van der Waals surface area contributed by atoms with Gasteiger partial charge in [-0.25, -0.2) is 0 Å². The van der Waals surface area contributed by atoms with Crippen LogP contribution in [-0.4, -0.2) is 35.5 Å². The van der Waals surface area contributed by atoms with Crippen LogP contribution in [0.2, 0.25) is 0 Å². The number of carbonyl (C=O) groups excluding carboxylic acids is 2. The predicted octanol–water partition coefficient (Wildman–Crippen LogP) is 3.50. The van der Waals surface area contributed by atoms with Gasteiger partial charge in [0, 0.05) is 18.2 Å². The number of aromatic nitrogens is 1. The van der Waals surface area contributed by atoms with E-state index < -0.39 is 5.91 Å². The minimum atomic E-state index is -0.410. The average Bonchev–Trinajstić information content (AvgIpc) is 3.73. The molecular weight excluding hydrogens is 482 g/mol. The number of carbonyl (C=O) groups is 2. The van der Waals surface area contributed by atoms with Crippen LogP contribution in [0.5, 0.6) is 23.0 Å². The number of nitrogens with one attached hydrogen (secondary N) is 1. The van der Waals surface area contributed by atoms with Crippen LogP contribution in [0.25, 0.3) is 0 Å². The number of amides is 2. The van der Waals surface area contributed by atoms with Crippen molar-refractivity contribution < 1.29 is 37.5 Å². The first-order chi connectivity index (χ1) is 18.1. The third-order valence-electron chi connectivity index (χ3n) is 5.86. The number of rotatable bonds is 8. The van der Waals surface area contributed by atoms with E-state index in [1.165, 1.54) is 17.2 Å². The van der Waals surface area contributed by atoms with Gasteiger partial charge < -0.3 is 38.1 Å². The van der Waals surface area contributed by atoms with E-state index in [1.807, 2.05) is 12.1 Å². The van der Waals surface area contributed by atoms with Crippen molar-refractivity contribution in [3.8, 4) is 23.0 Å². The van der Waals surface area contributed by atoms with E-state index in [-0.39, 0.29) is 44.8 Å². The van der Waals surface area contributed by atoms with Crippen molar-refractivity contribution in [2.75, 3.05) is 13.6 Å². The zero-order valence-electron chi connectivity index (χ0n) is 19.5. The molecule has 2 aromatic carbocycles. The fraction of sp³-hybridized carbons (Fsp3) is 0.192. The van der Waals surface area contributed by atoms with Crippen LogP contribution in [0.4, 0.5) is 0 Å². The number of hydrogen-bond donors (Lipinski definition) is 1. The third-order valence-corrected chi connectivity index (χ3v) is 5.86. The summed E-state index contributed by atoms with van der Waals surface area (Å²) in [4.78, 5) is 27.6. The predicted molar refractivity (Wildman–Crippen MR) is 125 cm³/mol. The molecule has 0 fully saturated rings. The Hall–Kier alpha value is -4.93. The zero-order chi connectivity index (χ0) is 25.2. The molecule has 0 unspecified atom stereocenters. The van der Waals surface area contributed by atoms with Crippen LogP contribution in [0.1, 0.15) is 37.9 Å². The Labute approximate surface area is 210 Å². The smallest absolute Gasteiger partial charge is 0.273 e. The highest BCUT2D eigenvalue weighted by atomic mass is 16.7. The summed E-state index contributed by atoms with van der Waals surface area (Å²) >= 11 is 0. The Morgan fingerprint density at radius 2 is 1.57 bits per heavy atom. The van der Waals surface area contributed by atoms with Crippen LogP contribution in [0.15, 0.2) is 69.8 Å². The summed E-state index contributed by atoms with van der Waals surface area (Å²) in [7, 11) is 0. The van der Waals surface area contributed by atoms with Gasteiger partial charge in [0.1, 0.15) is 5.76 Å². The molecule has 11 heteroatoms. The van der Waals surface area contributed by atoms with Gasteiger partial charge in [-0.15, -0.1) is 0 Å². The third kappa shape index (κ3) is 4.79. The Bertz CT molecular complexity index is 1450. The van der Waals surface area contributed by atoms with Crippen molar-refractivity contribution in [3.05, 3.63) is 89.2 Å². The summed E-state index contributed by atoms with van der Waals surface area (Å²) in [6.45, 7) is 0.815. The van der Waals surface area contributed by atoms with Crippen molar-refractivity contribution in [1.82, 2.24) is 15.4 Å². The van der Waals surface area contributed by atoms with E-state index in [9.17, 15) is 9.59 Å². The van der Waals surface area contributed by atoms with E-state index in [0.717, 1.165) is 5.56 Å². The number of hydrogen-bond acceptors (Lipinski definition) is 9. The molecule has 4 heterocycles. The molecule has 188 valence electrons. The molecule has 0 radical (unpaired) electrons. The molecule has 0 aliphatic carbocycles. The van der Waals surface area contributed by atoms with E-state index >= 15 is 0 Å². The van der Waals surface area contributed by atoms with Gasteiger partial charge in [0.2, 0.25) is 13.6 Å². The van der Waals surface area contributed by atoms with Crippen molar-refractivity contribution >= 4 is 11.8 Å². The first kappa shape index (κ1) is 22.5. The average molecular weight is 503 g/mol. The summed E-state index contributed by atoms with van der Waals surface area (Å²) < 4.78 is 32.2. The standard InChI is InChI=1S/C26H21N3O8/c30-25(27-11-16-3-5-21-23(8-16)35-14-33-21)20-10-19(37-28-20)13-29(12-18-2-1-7-32-18)26(31)17-4-6-22-24(9-17)36-15-34-22/h1-10H,11-15H2,(H,27,30). The maximum absolute atomic E-state index is 13.4. The second kappa shape index (κ2) is 9.61. The molecule has 0 saturated carbocycles. The van der Waals surface area contributed by atoms with Gasteiger partial charge in [0.05, 0.1) is 19.4 Å². The molecule has 0 saturated heterocycles. The van der Waals surface area contributed by atoms with Crippen LogP contribution < -0.4 is 24.3 Å². The highest BCUT2D eigenvalue weighted by Crippen LogP contribution is 2.33. The van der Waals surface area contributed by atoms with Crippen molar-refractivity contribution in [2.24, 2.45) is 0 Å². The van der Waals surface area contributed by atoms with Crippen LogP contribution in [-0.2, 0) is 19.6 Å². The Kier molecular flexibility index (Phi) is 5.85. The van der Waals surface area contributed by atoms with E-state index in [1.54, 1.807) is 36.4 Å². The van der Waals surface area contributed by atoms with Crippen molar-refractivity contribution in [1.29, 1.82) is 0 Å². The molecule has 2 amide bonds. The highest BCUT2D eigenvalue weighted by molar-refractivity contribution is 5.95. The minimum Gasteiger partial charge on any atom is -0.467 e. The highest BCUT2D eigenvalue weighted by Gasteiger charge is 2.24. The summed E-state index contributed by atoms with van der Waals surface area (Å²) in [5.74, 6) is 2.65. The molecule has 2 aliphatic rings. The molecule has 0 atom stereocenters. The molecule has 4 aromatic rings. The number of furan rings is 1. The molecule has 6 rings (SSSR count). The van der Waals surface area contributed by atoms with E-state index in [0.29, 0.717) is 40.1 Å². The van der Waals surface area contributed by atoms with Gasteiger partial charge in [0.15, 0.2) is 34.5 Å². The van der Waals surface area contributed by atoms with Crippen LogP contribution in [0.3, 0.4) is 0 Å². The van der Waals surface area contributed by atoms with Gasteiger partial charge in [-0.05, 0) is 48.0 Å². The normalized spacial score (nSPS) is 13.0. The number of ether oxygens (including phenoxy) is 4. The second-order valence-corrected chi connectivity index (χ2v) is 8.36. The second-order valence-electron chi connectivity index (χ2n) is 8.36. The van der Waals surface area contributed by atoms with Crippen LogP contribution >= 0.6 is 0 Å². The summed E-state index contributed by atoms with van der Waals surface area (Å²) in [6, 6.07) is 15.5. The largest absolute Gasteiger partial charge is 0.467 e. The molecule has 2 aliphatic heterocycles. The lowest BCUT2D eigenvalue weighted by Gasteiger charge is -2.20. The maximum atomic E-state index is 13.4. The van der Waals surface area contributed by atoms with E-state index in [4.69, 9.17) is 27.9 Å². The topological polar surface area (TPSA) is 126 Å². The zero-order valence-corrected chi connectivity index (χ0v) is 19.5. The van der Waals surface area contributed by atoms with Gasteiger partial charge in [-0.1, -0.05) is 11.2 Å². The van der Waals surface area contributed by atoms with Crippen molar-refractivity contribution in [3.63, 3.8) is 0 Å².